The van der Waals surface area contributed by atoms with Crippen LogP contribution in [-0.4, -0.2) is 41.0 Å². The minimum Gasteiger partial charge on any atom is -0.364 e. The minimum absolute atomic E-state index is 0.0487. The summed E-state index contributed by atoms with van der Waals surface area (Å²) in [5, 5.41) is 13.9. The summed E-state index contributed by atoms with van der Waals surface area (Å²) >= 11 is 0. The molecule has 0 aliphatic carbocycles. The Hall–Kier alpha value is -1.69. The number of hydrogen-bond donors (Lipinski definition) is 1. The third kappa shape index (κ3) is 5.60. The van der Waals surface area contributed by atoms with Gasteiger partial charge in [0.15, 0.2) is 0 Å². The topological polar surface area (TPSA) is 71.3 Å². The van der Waals surface area contributed by atoms with Gasteiger partial charge in [-0.3, -0.25) is 10.1 Å². The molecule has 122 valence electrons. The van der Waals surface area contributed by atoms with Gasteiger partial charge in [0.05, 0.1) is 4.92 Å². The van der Waals surface area contributed by atoms with Gasteiger partial charge in [-0.05, 0) is 51.4 Å². The minimum atomic E-state index is -0.395. The molecule has 1 aliphatic heterocycles. The van der Waals surface area contributed by atoms with Crippen LogP contribution < -0.4 is 5.32 Å². The van der Waals surface area contributed by atoms with Crippen molar-refractivity contribution in [3.05, 3.63) is 28.4 Å². The molecule has 1 aromatic heterocycles. The number of pyridine rings is 1. The Bertz CT molecular complexity index is 461. The summed E-state index contributed by atoms with van der Waals surface area (Å²) in [6.07, 6.45) is 10.3. The van der Waals surface area contributed by atoms with E-state index in [1.54, 1.807) is 12.3 Å². The molecule has 1 aromatic rings. The lowest BCUT2D eigenvalue weighted by Crippen LogP contribution is -2.30. The molecule has 22 heavy (non-hydrogen) atoms. The quantitative estimate of drug-likeness (QED) is 0.430. The monoisotopic (exact) mass is 306 g/mol. The van der Waals surface area contributed by atoms with Gasteiger partial charge < -0.3 is 10.2 Å². The van der Waals surface area contributed by atoms with Crippen molar-refractivity contribution in [1.82, 2.24) is 9.88 Å². The van der Waals surface area contributed by atoms with Crippen LogP contribution in [0.5, 0.6) is 0 Å². The molecule has 1 N–H and O–H groups in total. The highest BCUT2D eigenvalue weighted by Crippen LogP contribution is 2.20. The standard InChI is InChI=1S/C16H26N4O2/c21-20(22)15-9-8-11-18-16(15)17-10-4-1-2-5-12-19-13-6-3-7-14-19/h8-9,11H,1-7,10,12-14H2,(H,17,18). The number of unbranched alkanes of at least 4 members (excludes halogenated alkanes) is 3. The van der Waals surface area contributed by atoms with Gasteiger partial charge in [0.25, 0.3) is 0 Å². The second-order valence-corrected chi connectivity index (χ2v) is 5.87. The van der Waals surface area contributed by atoms with Crippen LogP contribution in [0.25, 0.3) is 0 Å². The lowest BCUT2D eigenvalue weighted by atomic mass is 10.1. The number of aromatic nitrogens is 1. The first-order valence-electron chi connectivity index (χ1n) is 8.33. The van der Waals surface area contributed by atoms with E-state index in [0.29, 0.717) is 5.82 Å². The molecule has 0 amide bonds. The molecule has 1 fully saturated rings. The molecule has 0 spiro atoms. The first kappa shape index (κ1) is 16.7. The second kappa shape index (κ2) is 9.35. The molecule has 0 unspecified atom stereocenters. The molecule has 6 heteroatoms. The fourth-order valence-corrected chi connectivity index (χ4v) is 2.88. The van der Waals surface area contributed by atoms with Crippen LogP contribution in [0.2, 0.25) is 0 Å². The number of hydrogen-bond acceptors (Lipinski definition) is 5. The van der Waals surface area contributed by atoms with Gasteiger partial charge >= 0.3 is 5.69 Å². The molecule has 6 nitrogen and oxygen atoms in total. The van der Waals surface area contributed by atoms with E-state index < -0.39 is 4.92 Å². The normalized spacial score (nSPS) is 15.6. The van der Waals surface area contributed by atoms with Gasteiger partial charge in [-0.1, -0.05) is 19.3 Å². The predicted molar refractivity (Wildman–Crippen MR) is 88.1 cm³/mol. The number of nitro groups is 1. The van der Waals surface area contributed by atoms with Gasteiger partial charge in [-0.2, -0.15) is 0 Å². The number of anilines is 1. The van der Waals surface area contributed by atoms with E-state index in [4.69, 9.17) is 0 Å². The lowest BCUT2D eigenvalue weighted by Gasteiger charge is -2.26. The Kier molecular flexibility index (Phi) is 7.09. The van der Waals surface area contributed by atoms with Crippen molar-refractivity contribution < 1.29 is 4.92 Å². The van der Waals surface area contributed by atoms with Crippen molar-refractivity contribution in [3.63, 3.8) is 0 Å². The molecule has 0 bridgehead atoms. The molecule has 1 aliphatic rings. The fourth-order valence-electron chi connectivity index (χ4n) is 2.88. The Morgan fingerprint density at radius 3 is 2.73 bits per heavy atom. The van der Waals surface area contributed by atoms with Crippen LogP contribution >= 0.6 is 0 Å². The Labute approximate surface area is 132 Å². The zero-order valence-electron chi connectivity index (χ0n) is 13.2. The van der Waals surface area contributed by atoms with Crippen LogP contribution in [0.1, 0.15) is 44.9 Å². The zero-order valence-corrected chi connectivity index (χ0v) is 13.2. The van der Waals surface area contributed by atoms with Crippen LogP contribution in [0.4, 0.5) is 11.5 Å². The van der Waals surface area contributed by atoms with Crippen molar-refractivity contribution in [2.24, 2.45) is 0 Å². The van der Waals surface area contributed by atoms with Crippen LogP contribution in [0.15, 0.2) is 18.3 Å². The molecule has 0 radical (unpaired) electrons. The number of nitrogens with zero attached hydrogens (tertiary/aromatic N) is 3. The summed E-state index contributed by atoms with van der Waals surface area (Å²) in [6, 6.07) is 3.07. The SMILES string of the molecule is O=[N+]([O-])c1cccnc1NCCCCCCN1CCCCC1. The number of likely N-dealkylation sites (tertiary alicyclic amines) is 1. The van der Waals surface area contributed by atoms with Crippen LogP contribution in [0, 0.1) is 10.1 Å². The maximum atomic E-state index is 10.9. The number of nitrogens with one attached hydrogen (secondary N) is 1. The lowest BCUT2D eigenvalue weighted by molar-refractivity contribution is -0.384. The summed E-state index contributed by atoms with van der Waals surface area (Å²) < 4.78 is 0. The van der Waals surface area contributed by atoms with Crippen molar-refractivity contribution in [2.75, 3.05) is 31.5 Å². The summed E-state index contributed by atoms with van der Waals surface area (Å²) in [6.45, 7) is 4.50. The molecule has 2 rings (SSSR count). The van der Waals surface area contributed by atoms with Crippen molar-refractivity contribution in [1.29, 1.82) is 0 Å². The average Bonchev–Trinajstić information content (AvgIpc) is 2.55. The van der Waals surface area contributed by atoms with E-state index in [2.05, 4.69) is 15.2 Å². The molecule has 1 saturated heterocycles. The van der Waals surface area contributed by atoms with E-state index in [0.717, 1.165) is 19.4 Å². The highest BCUT2D eigenvalue weighted by atomic mass is 16.6. The molecular formula is C16H26N4O2. The van der Waals surface area contributed by atoms with E-state index in [9.17, 15) is 10.1 Å². The Morgan fingerprint density at radius 2 is 1.95 bits per heavy atom. The van der Waals surface area contributed by atoms with E-state index in [-0.39, 0.29) is 5.69 Å². The van der Waals surface area contributed by atoms with Gasteiger partial charge in [-0.15, -0.1) is 0 Å². The average molecular weight is 306 g/mol. The second-order valence-electron chi connectivity index (χ2n) is 5.87. The van der Waals surface area contributed by atoms with E-state index >= 15 is 0 Å². The third-order valence-corrected chi connectivity index (χ3v) is 4.13. The summed E-state index contributed by atoms with van der Waals surface area (Å²) in [5.41, 5.74) is 0.0487. The molecule has 0 atom stereocenters. The predicted octanol–water partition coefficient (Wildman–Crippen LogP) is 3.45. The number of rotatable bonds is 9. The van der Waals surface area contributed by atoms with Crippen molar-refractivity contribution >= 4 is 11.5 Å². The van der Waals surface area contributed by atoms with Gasteiger partial charge in [0.2, 0.25) is 5.82 Å². The maximum Gasteiger partial charge on any atom is 0.311 e. The summed E-state index contributed by atoms with van der Waals surface area (Å²) in [5.74, 6) is 0.376. The van der Waals surface area contributed by atoms with Crippen molar-refractivity contribution in [2.45, 2.75) is 44.9 Å². The first-order chi connectivity index (χ1) is 10.8. The van der Waals surface area contributed by atoms with Gasteiger partial charge in [0.1, 0.15) is 0 Å². The largest absolute Gasteiger partial charge is 0.364 e. The fraction of sp³-hybridized carbons (Fsp3) is 0.688. The highest BCUT2D eigenvalue weighted by molar-refractivity contribution is 5.54. The van der Waals surface area contributed by atoms with Crippen LogP contribution in [-0.2, 0) is 0 Å². The summed E-state index contributed by atoms with van der Waals surface area (Å²) in [4.78, 5) is 17.1. The van der Waals surface area contributed by atoms with Crippen LogP contribution in [0.3, 0.4) is 0 Å². The molecule has 0 aromatic carbocycles. The maximum absolute atomic E-state index is 10.9. The summed E-state index contributed by atoms with van der Waals surface area (Å²) in [7, 11) is 0. The Balaban J connectivity index is 1.55. The van der Waals surface area contributed by atoms with Crippen molar-refractivity contribution in [3.8, 4) is 0 Å². The molecule has 2 heterocycles. The van der Waals surface area contributed by atoms with Gasteiger partial charge in [-0.25, -0.2) is 4.98 Å². The molecule has 0 saturated carbocycles. The highest BCUT2D eigenvalue weighted by Gasteiger charge is 2.13. The zero-order chi connectivity index (χ0) is 15.6. The first-order valence-corrected chi connectivity index (χ1v) is 8.33. The Morgan fingerprint density at radius 1 is 1.18 bits per heavy atom. The number of piperidine rings is 1. The van der Waals surface area contributed by atoms with E-state index in [1.807, 2.05) is 0 Å². The molecular weight excluding hydrogens is 280 g/mol. The smallest absolute Gasteiger partial charge is 0.311 e. The third-order valence-electron chi connectivity index (χ3n) is 4.13. The van der Waals surface area contributed by atoms with Gasteiger partial charge in [0, 0.05) is 18.8 Å². The van der Waals surface area contributed by atoms with E-state index in [1.165, 1.54) is 57.8 Å².